The average molecular weight is 597 g/mol. The first-order valence-electron chi connectivity index (χ1n) is 16.4. The second-order valence-electron chi connectivity index (χ2n) is 11.4. The Morgan fingerprint density at radius 1 is 0.690 bits per heavy atom. The molecule has 0 spiro atoms. The van der Waals surface area contributed by atoms with E-state index in [2.05, 4.69) is 81.6 Å². The summed E-state index contributed by atoms with van der Waals surface area (Å²) >= 11 is 1.79. The van der Waals surface area contributed by atoms with Crippen LogP contribution in [0.4, 0.5) is 0 Å². The third-order valence-electron chi connectivity index (χ3n) is 7.99. The van der Waals surface area contributed by atoms with Crippen LogP contribution in [0.25, 0.3) is 21.2 Å². The van der Waals surface area contributed by atoms with Crippen LogP contribution < -0.4 is 0 Å². The maximum Gasteiger partial charge on any atom is 0.117 e. The molecule has 1 fully saturated rings. The highest BCUT2D eigenvalue weighted by Gasteiger charge is 2.48. The Bertz CT molecular complexity index is 1160. The first kappa shape index (κ1) is 33.1. The van der Waals surface area contributed by atoms with E-state index in [0.29, 0.717) is 26.4 Å². The van der Waals surface area contributed by atoms with E-state index in [1.165, 1.54) is 21.2 Å². The van der Waals surface area contributed by atoms with Crippen LogP contribution in [0.3, 0.4) is 0 Å². The van der Waals surface area contributed by atoms with Crippen LogP contribution in [0.2, 0.25) is 0 Å². The Balaban J connectivity index is 1.70. The molecule has 1 aromatic heterocycles. The fraction of sp³-hybridized carbons (Fsp3) is 0.611. The summed E-state index contributed by atoms with van der Waals surface area (Å²) in [6, 6.07) is 17.4. The van der Waals surface area contributed by atoms with E-state index in [0.717, 1.165) is 63.5 Å². The lowest BCUT2D eigenvalue weighted by Gasteiger charge is -2.46. The molecule has 1 aliphatic heterocycles. The molecule has 1 aliphatic rings. The molecule has 3 unspecified atom stereocenters. The number of hydrogen-bond donors (Lipinski definition) is 0. The van der Waals surface area contributed by atoms with E-state index >= 15 is 0 Å². The Morgan fingerprint density at radius 2 is 1.33 bits per heavy atom. The summed E-state index contributed by atoms with van der Waals surface area (Å²) in [5, 5.41) is 3.55. The molecule has 0 bridgehead atoms. The van der Waals surface area contributed by atoms with Gasteiger partial charge in [0.25, 0.3) is 0 Å². The molecule has 3 aromatic rings. The van der Waals surface area contributed by atoms with Gasteiger partial charge in [0.15, 0.2) is 0 Å². The topological polar surface area (TPSA) is 46.2 Å². The van der Waals surface area contributed by atoms with Gasteiger partial charge in [0.2, 0.25) is 0 Å². The van der Waals surface area contributed by atoms with Gasteiger partial charge in [0, 0.05) is 42.1 Å². The molecule has 2 heterocycles. The predicted octanol–water partition coefficient (Wildman–Crippen LogP) is 9.38. The van der Waals surface area contributed by atoms with E-state index in [1.54, 1.807) is 11.3 Å². The number of fused-ring (bicyclic) bond motifs is 1. The SMILES string of the molecule is CCCCOCC1OC(c2cccc(-c3csc4ccccc34)c2)[C@H](OCCCC)C(OCCCC)[C@@H]1OCCCC. The molecule has 5 nitrogen and oxygen atoms in total. The smallest absolute Gasteiger partial charge is 0.117 e. The predicted molar refractivity (Wildman–Crippen MR) is 175 cm³/mol. The highest BCUT2D eigenvalue weighted by atomic mass is 32.1. The van der Waals surface area contributed by atoms with Crippen LogP contribution in [-0.2, 0) is 23.7 Å². The molecule has 6 heteroatoms. The molecule has 0 radical (unpaired) electrons. The molecular weight excluding hydrogens is 544 g/mol. The molecule has 42 heavy (non-hydrogen) atoms. The minimum absolute atomic E-state index is 0.241. The van der Waals surface area contributed by atoms with Gasteiger partial charge >= 0.3 is 0 Å². The summed E-state index contributed by atoms with van der Waals surface area (Å²) in [6.07, 6.45) is 7.08. The van der Waals surface area contributed by atoms with Crippen molar-refractivity contribution >= 4 is 21.4 Å². The van der Waals surface area contributed by atoms with Gasteiger partial charge in [0.1, 0.15) is 30.5 Å². The van der Waals surface area contributed by atoms with Crippen molar-refractivity contribution < 1.29 is 23.7 Å². The minimum Gasteiger partial charge on any atom is -0.379 e. The summed E-state index contributed by atoms with van der Waals surface area (Å²) in [7, 11) is 0. The molecule has 0 saturated carbocycles. The van der Waals surface area contributed by atoms with Gasteiger partial charge in [-0.3, -0.25) is 0 Å². The van der Waals surface area contributed by atoms with Crippen molar-refractivity contribution in [2.45, 2.75) is 110 Å². The number of unbranched alkanes of at least 4 members (excludes halogenated alkanes) is 4. The first-order chi connectivity index (χ1) is 20.7. The molecule has 0 N–H and O–H groups in total. The normalized spacial score (nSPS) is 22.6. The Morgan fingerprint density at radius 3 is 2.05 bits per heavy atom. The first-order valence-corrected chi connectivity index (χ1v) is 17.2. The maximum atomic E-state index is 6.98. The second kappa shape index (κ2) is 18.1. The number of hydrogen-bond acceptors (Lipinski definition) is 6. The highest BCUT2D eigenvalue weighted by Crippen LogP contribution is 2.40. The summed E-state index contributed by atoms with van der Waals surface area (Å²) in [5.74, 6) is 0. The third kappa shape index (κ3) is 8.87. The molecule has 1 saturated heterocycles. The Labute approximate surface area is 257 Å². The lowest BCUT2D eigenvalue weighted by molar-refractivity contribution is -0.268. The van der Waals surface area contributed by atoms with Crippen LogP contribution in [0.5, 0.6) is 0 Å². The quantitative estimate of drug-likeness (QED) is 0.129. The van der Waals surface area contributed by atoms with E-state index < -0.39 is 0 Å². The van der Waals surface area contributed by atoms with Crippen molar-refractivity contribution in [3.05, 3.63) is 59.5 Å². The Hall–Kier alpha value is -1.80. The van der Waals surface area contributed by atoms with E-state index in [9.17, 15) is 0 Å². The third-order valence-corrected chi connectivity index (χ3v) is 8.95. The molecule has 0 amide bonds. The zero-order valence-electron chi connectivity index (χ0n) is 26.2. The van der Waals surface area contributed by atoms with Crippen LogP contribution in [0.15, 0.2) is 53.9 Å². The largest absolute Gasteiger partial charge is 0.379 e. The van der Waals surface area contributed by atoms with Crippen LogP contribution in [0, 0.1) is 0 Å². The standard InChI is InChI=1S/C36H52O5S/c1-5-9-20-37-25-31-34(38-21-10-6-2)36(40-23-12-8-4)35(39-22-11-7-3)33(41-31)28-17-15-16-27(24-28)30-26-42-32-19-14-13-18-29(30)32/h13-19,24,26,31,33-36H,5-12,20-23,25H2,1-4H3/t31?,33?,34-,35+,36?/m1/s1. The van der Waals surface area contributed by atoms with Crippen molar-refractivity contribution in [2.24, 2.45) is 0 Å². The number of rotatable bonds is 19. The van der Waals surface area contributed by atoms with Crippen molar-refractivity contribution in [1.29, 1.82) is 0 Å². The Kier molecular flexibility index (Phi) is 14.3. The molecule has 4 rings (SSSR count). The average Bonchev–Trinajstić information content (AvgIpc) is 3.45. The molecular formula is C36H52O5S. The van der Waals surface area contributed by atoms with Crippen molar-refractivity contribution in [3.63, 3.8) is 0 Å². The van der Waals surface area contributed by atoms with Gasteiger partial charge < -0.3 is 23.7 Å². The molecule has 5 atom stereocenters. The van der Waals surface area contributed by atoms with Gasteiger partial charge in [0.05, 0.1) is 6.61 Å². The van der Waals surface area contributed by atoms with Crippen LogP contribution >= 0.6 is 11.3 Å². The van der Waals surface area contributed by atoms with Crippen molar-refractivity contribution in [1.82, 2.24) is 0 Å². The number of benzene rings is 2. The fourth-order valence-corrected chi connectivity index (χ4v) is 6.48. The van der Waals surface area contributed by atoms with Gasteiger partial charge in [-0.25, -0.2) is 0 Å². The van der Waals surface area contributed by atoms with Crippen LogP contribution in [0.1, 0.15) is 90.7 Å². The summed E-state index contributed by atoms with van der Waals surface area (Å²) in [5.41, 5.74) is 3.56. The van der Waals surface area contributed by atoms with E-state index in [1.807, 2.05) is 0 Å². The van der Waals surface area contributed by atoms with Crippen molar-refractivity contribution in [2.75, 3.05) is 33.0 Å². The van der Waals surface area contributed by atoms with E-state index in [-0.39, 0.29) is 30.5 Å². The summed E-state index contributed by atoms with van der Waals surface area (Å²) < 4.78 is 34.4. The lowest BCUT2D eigenvalue weighted by atomic mass is 9.89. The number of thiophene rings is 1. The van der Waals surface area contributed by atoms with Crippen LogP contribution in [-0.4, -0.2) is 57.5 Å². The van der Waals surface area contributed by atoms with E-state index in [4.69, 9.17) is 23.7 Å². The zero-order chi connectivity index (χ0) is 29.6. The second-order valence-corrected chi connectivity index (χ2v) is 12.3. The van der Waals surface area contributed by atoms with Crippen molar-refractivity contribution in [3.8, 4) is 11.1 Å². The number of ether oxygens (including phenoxy) is 5. The molecule has 0 aliphatic carbocycles. The highest BCUT2D eigenvalue weighted by molar-refractivity contribution is 7.17. The minimum atomic E-state index is -0.288. The van der Waals surface area contributed by atoms with Gasteiger partial charge in [-0.1, -0.05) is 89.8 Å². The monoisotopic (exact) mass is 596 g/mol. The summed E-state index contributed by atoms with van der Waals surface area (Å²) in [6.45, 7) is 12.0. The zero-order valence-corrected chi connectivity index (χ0v) is 27.0. The van der Waals surface area contributed by atoms with Gasteiger partial charge in [-0.2, -0.15) is 0 Å². The molecule has 232 valence electrons. The van der Waals surface area contributed by atoms with Gasteiger partial charge in [-0.05, 0) is 54.3 Å². The molecule has 2 aromatic carbocycles. The lowest BCUT2D eigenvalue weighted by Crippen LogP contribution is -2.58. The fourth-order valence-electron chi connectivity index (χ4n) is 5.51. The maximum absolute atomic E-state index is 6.98. The summed E-state index contributed by atoms with van der Waals surface area (Å²) in [4.78, 5) is 0. The van der Waals surface area contributed by atoms with Gasteiger partial charge in [-0.15, -0.1) is 11.3 Å².